The van der Waals surface area contributed by atoms with Crippen LogP contribution >= 0.6 is 11.3 Å². The van der Waals surface area contributed by atoms with Crippen LogP contribution in [-0.4, -0.2) is 59.8 Å². The van der Waals surface area contributed by atoms with E-state index in [1.165, 1.54) is 0 Å². The first kappa shape index (κ1) is 17.4. The molecule has 5 rings (SSSR count). The number of rotatable bonds is 3. The lowest BCUT2D eigenvalue weighted by Gasteiger charge is -2.26. The van der Waals surface area contributed by atoms with Crippen molar-refractivity contribution in [2.45, 2.75) is 12.6 Å². The van der Waals surface area contributed by atoms with Gasteiger partial charge in [-0.1, -0.05) is 0 Å². The molecule has 1 atom stereocenters. The Morgan fingerprint density at radius 1 is 1.18 bits per heavy atom. The lowest BCUT2D eigenvalue weighted by atomic mass is 10.3. The fraction of sp³-hybridized carbons (Fsp3) is 0.368. The summed E-state index contributed by atoms with van der Waals surface area (Å²) in [4.78, 5) is 29.3. The zero-order valence-electron chi connectivity index (χ0n) is 15.1. The third kappa shape index (κ3) is 3.20. The zero-order chi connectivity index (χ0) is 19.1. The van der Waals surface area contributed by atoms with Crippen LogP contribution in [0.2, 0.25) is 0 Å². The average Bonchev–Trinajstić information content (AvgIpc) is 3.34. The van der Waals surface area contributed by atoms with E-state index in [1.54, 1.807) is 28.6 Å². The van der Waals surface area contributed by atoms with Gasteiger partial charge in [-0.25, -0.2) is 19.3 Å². The molecule has 1 N–H and O–H groups in total. The van der Waals surface area contributed by atoms with E-state index in [0.717, 1.165) is 33.2 Å². The van der Waals surface area contributed by atoms with E-state index < -0.39 is 6.17 Å². The quantitative estimate of drug-likeness (QED) is 0.729. The molecule has 0 aromatic carbocycles. The number of thiazole rings is 1. The number of piperazine rings is 1. The van der Waals surface area contributed by atoms with Crippen molar-refractivity contribution in [3.05, 3.63) is 30.6 Å². The molecule has 0 spiro atoms. The number of nitrogens with one attached hydrogen (secondary N) is 1. The smallest absolute Gasteiger partial charge is 0.242 e. The van der Waals surface area contributed by atoms with Crippen molar-refractivity contribution >= 4 is 39.1 Å². The van der Waals surface area contributed by atoms with Crippen LogP contribution in [0.25, 0.3) is 20.8 Å². The zero-order valence-corrected chi connectivity index (χ0v) is 16.0. The van der Waals surface area contributed by atoms with Crippen molar-refractivity contribution in [3.63, 3.8) is 0 Å². The Bertz CT molecular complexity index is 1020. The molecule has 1 amide bonds. The number of aromatic nitrogens is 3. The Kier molecular flexibility index (Phi) is 4.40. The summed E-state index contributed by atoms with van der Waals surface area (Å²) >= 11 is 1.55. The molecule has 3 aromatic rings. The number of hydrogen-bond donors (Lipinski definition) is 1. The van der Waals surface area contributed by atoms with Gasteiger partial charge in [-0.15, -0.1) is 11.3 Å². The molecule has 144 valence electrons. The van der Waals surface area contributed by atoms with E-state index in [2.05, 4.69) is 20.3 Å². The normalized spacial score (nSPS) is 20.3. The minimum absolute atomic E-state index is 0.0278. The number of amides is 1. The minimum atomic E-state index is -0.769. The Balaban J connectivity index is 1.41. The third-order valence-electron chi connectivity index (χ3n) is 5.08. The van der Waals surface area contributed by atoms with Gasteiger partial charge >= 0.3 is 0 Å². The molecule has 0 saturated carbocycles. The van der Waals surface area contributed by atoms with Gasteiger partial charge in [-0.05, 0) is 18.6 Å². The lowest BCUT2D eigenvalue weighted by molar-refractivity contribution is -0.118. The van der Waals surface area contributed by atoms with Crippen LogP contribution in [-0.2, 0) is 4.79 Å². The second kappa shape index (κ2) is 7.06. The first-order valence-corrected chi connectivity index (χ1v) is 10.1. The van der Waals surface area contributed by atoms with Gasteiger partial charge in [-0.2, -0.15) is 0 Å². The predicted molar refractivity (Wildman–Crippen MR) is 108 cm³/mol. The maximum absolute atomic E-state index is 13.4. The molecule has 2 fully saturated rings. The monoisotopic (exact) mass is 398 g/mol. The Hall–Kier alpha value is -2.65. The van der Waals surface area contributed by atoms with Gasteiger partial charge in [-0.3, -0.25) is 9.69 Å². The number of hydrogen-bond acceptors (Lipinski definition) is 7. The average molecular weight is 398 g/mol. The number of anilines is 2. The summed E-state index contributed by atoms with van der Waals surface area (Å²) in [6.45, 7) is 2.83. The van der Waals surface area contributed by atoms with Crippen LogP contribution in [0.4, 0.5) is 16.0 Å². The van der Waals surface area contributed by atoms with Crippen LogP contribution in [0.3, 0.4) is 0 Å². The highest BCUT2D eigenvalue weighted by atomic mass is 32.1. The van der Waals surface area contributed by atoms with Crippen LogP contribution in [0.1, 0.15) is 6.42 Å². The fourth-order valence-electron chi connectivity index (χ4n) is 3.57. The minimum Gasteiger partial charge on any atom is -0.354 e. The van der Waals surface area contributed by atoms with Gasteiger partial charge in [0, 0.05) is 37.5 Å². The molecule has 5 heterocycles. The molecule has 0 radical (unpaired) electrons. The van der Waals surface area contributed by atoms with Gasteiger partial charge in [0.25, 0.3) is 0 Å². The van der Waals surface area contributed by atoms with Crippen LogP contribution in [0.5, 0.6) is 0 Å². The molecule has 0 unspecified atom stereocenters. The third-order valence-corrected chi connectivity index (χ3v) is 6.14. The summed E-state index contributed by atoms with van der Waals surface area (Å²) in [6.07, 6.45) is 3.29. The summed E-state index contributed by atoms with van der Waals surface area (Å²) in [5.74, 6) is 1.49. The van der Waals surface area contributed by atoms with E-state index in [-0.39, 0.29) is 5.91 Å². The van der Waals surface area contributed by atoms with E-state index in [1.807, 2.05) is 23.1 Å². The maximum Gasteiger partial charge on any atom is 0.242 e. The summed E-state index contributed by atoms with van der Waals surface area (Å²) < 4.78 is 14.4. The lowest BCUT2D eigenvalue weighted by Crippen LogP contribution is -2.48. The van der Waals surface area contributed by atoms with Crippen LogP contribution in [0, 0.1) is 0 Å². The summed E-state index contributed by atoms with van der Waals surface area (Å²) in [5.41, 5.74) is 1.72. The van der Waals surface area contributed by atoms with Crippen molar-refractivity contribution in [3.8, 4) is 10.6 Å². The van der Waals surface area contributed by atoms with Crippen LogP contribution in [0.15, 0.2) is 30.6 Å². The summed E-state index contributed by atoms with van der Waals surface area (Å²) in [6, 6.07) is 5.81. The van der Waals surface area contributed by atoms with E-state index in [9.17, 15) is 9.18 Å². The number of nitrogens with zero attached hydrogens (tertiary/aromatic N) is 5. The number of pyridine rings is 2. The molecule has 0 aliphatic carbocycles. The first-order chi connectivity index (χ1) is 13.7. The number of fused-ring (bicyclic) bond motifs is 1. The Morgan fingerprint density at radius 3 is 2.82 bits per heavy atom. The van der Waals surface area contributed by atoms with Crippen LogP contribution < -0.4 is 15.1 Å². The van der Waals surface area contributed by atoms with Gasteiger partial charge in [0.2, 0.25) is 5.91 Å². The number of halogens is 1. The highest BCUT2D eigenvalue weighted by molar-refractivity contribution is 7.21. The van der Waals surface area contributed by atoms with Crippen molar-refractivity contribution < 1.29 is 9.18 Å². The maximum atomic E-state index is 13.4. The summed E-state index contributed by atoms with van der Waals surface area (Å²) in [5, 5.41) is 3.92. The molecule has 2 aliphatic rings. The molecule has 0 bridgehead atoms. The second-order valence-electron chi connectivity index (χ2n) is 6.99. The molecule has 9 heteroatoms. The van der Waals surface area contributed by atoms with E-state index in [0.29, 0.717) is 38.4 Å². The SMILES string of the molecule is O=C1CNCCN1c1cc2sc(-c3ccc(N4CC[C@@H](F)C4)nc3)nc2cn1. The Morgan fingerprint density at radius 2 is 2.07 bits per heavy atom. The molecule has 28 heavy (non-hydrogen) atoms. The van der Waals surface area contributed by atoms with Gasteiger partial charge in [0.1, 0.15) is 28.3 Å². The highest BCUT2D eigenvalue weighted by Crippen LogP contribution is 2.32. The highest BCUT2D eigenvalue weighted by Gasteiger charge is 2.23. The van der Waals surface area contributed by atoms with Gasteiger partial charge in [0.05, 0.1) is 24.0 Å². The largest absolute Gasteiger partial charge is 0.354 e. The molecular weight excluding hydrogens is 379 g/mol. The predicted octanol–water partition coefficient (Wildman–Crippen LogP) is 2.24. The molecular formula is C19H19FN6OS. The topological polar surface area (TPSA) is 74.2 Å². The second-order valence-corrected chi connectivity index (χ2v) is 8.02. The fourth-order valence-corrected chi connectivity index (χ4v) is 4.52. The van der Waals surface area contributed by atoms with Crippen molar-refractivity contribution in [2.24, 2.45) is 0 Å². The first-order valence-electron chi connectivity index (χ1n) is 9.30. The number of carbonyl (C=O) groups excluding carboxylic acids is 1. The Labute approximate surface area is 165 Å². The molecule has 2 aliphatic heterocycles. The standard InChI is InChI=1S/C19H19FN6OS/c20-13-3-5-25(11-13)16-2-1-12(8-22-16)19-24-14-9-23-17(7-15(14)28-19)26-6-4-21-10-18(26)27/h1-2,7-9,13,21H,3-6,10-11H2/t13-/m1/s1. The summed E-state index contributed by atoms with van der Waals surface area (Å²) in [7, 11) is 0. The van der Waals surface area contributed by atoms with Gasteiger partial charge < -0.3 is 10.2 Å². The van der Waals surface area contributed by atoms with Crippen molar-refractivity contribution in [2.75, 3.05) is 42.5 Å². The number of carbonyl (C=O) groups is 1. The van der Waals surface area contributed by atoms with Crippen molar-refractivity contribution in [1.29, 1.82) is 0 Å². The van der Waals surface area contributed by atoms with Gasteiger partial charge in [0.15, 0.2) is 0 Å². The van der Waals surface area contributed by atoms with E-state index >= 15 is 0 Å². The number of alkyl halides is 1. The molecule has 3 aromatic heterocycles. The molecule has 7 nitrogen and oxygen atoms in total. The van der Waals surface area contributed by atoms with Crippen molar-refractivity contribution in [1.82, 2.24) is 20.3 Å². The van der Waals surface area contributed by atoms with E-state index in [4.69, 9.17) is 0 Å². The molecule has 2 saturated heterocycles.